The van der Waals surface area contributed by atoms with Crippen LogP contribution in [-0.2, 0) is 9.53 Å². The van der Waals surface area contributed by atoms with Gasteiger partial charge < -0.3 is 10.1 Å². The lowest BCUT2D eigenvalue weighted by Gasteiger charge is -2.26. The van der Waals surface area contributed by atoms with Gasteiger partial charge in [0.15, 0.2) is 0 Å². The zero-order chi connectivity index (χ0) is 14.9. The van der Waals surface area contributed by atoms with Crippen LogP contribution < -0.4 is 5.32 Å². The quantitative estimate of drug-likeness (QED) is 0.832. The number of nitrogens with zero attached hydrogens (tertiary/aromatic N) is 2. The number of ether oxygens (including phenoxy) is 1. The van der Waals surface area contributed by atoms with E-state index in [0.29, 0.717) is 6.42 Å². The van der Waals surface area contributed by atoms with Crippen molar-refractivity contribution in [2.75, 3.05) is 32.8 Å². The van der Waals surface area contributed by atoms with Crippen LogP contribution >= 0.6 is 0 Å². The van der Waals surface area contributed by atoms with Gasteiger partial charge in [0.25, 0.3) is 0 Å². The van der Waals surface area contributed by atoms with E-state index in [1.807, 2.05) is 18.3 Å². The summed E-state index contributed by atoms with van der Waals surface area (Å²) in [7, 11) is 0. The second-order valence-electron chi connectivity index (χ2n) is 5.37. The molecule has 116 valence electrons. The van der Waals surface area contributed by atoms with E-state index in [4.69, 9.17) is 4.74 Å². The van der Waals surface area contributed by atoms with Gasteiger partial charge in [-0.1, -0.05) is 13.0 Å². The minimum absolute atomic E-state index is 0.0644. The third kappa shape index (κ3) is 5.44. The lowest BCUT2D eigenvalue weighted by Crippen LogP contribution is -2.37. The Morgan fingerprint density at radius 2 is 2.29 bits per heavy atom. The van der Waals surface area contributed by atoms with Crippen LogP contribution in [0.5, 0.6) is 0 Å². The maximum Gasteiger partial charge on any atom is 0.220 e. The minimum atomic E-state index is 0.0644. The van der Waals surface area contributed by atoms with Crippen LogP contribution in [0.2, 0.25) is 0 Å². The molecule has 1 aromatic heterocycles. The smallest absolute Gasteiger partial charge is 0.220 e. The van der Waals surface area contributed by atoms with Crippen LogP contribution in [0.15, 0.2) is 24.5 Å². The molecule has 2 heterocycles. The maximum absolute atomic E-state index is 12.1. The van der Waals surface area contributed by atoms with Crippen LogP contribution in [-0.4, -0.2) is 48.6 Å². The number of carbonyl (C=O) groups excluding carboxylic acids is 1. The Balaban J connectivity index is 1.70. The van der Waals surface area contributed by atoms with E-state index in [-0.39, 0.29) is 11.9 Å². The second-order valence-corrected chi connectivity index (χ2v) is 5.37. The molecule has 0 radical (unpaired) electrons. The molecule has 0 spiro atoms. The topological polar surface area (TPSA) is 54.5 Å². The van der Waals surface area contributed by atoms with Crippen LogP contribution in [0.25, 0.3) is 0 Å². The first-order valence-electron chi connectivity index (χ1n) is 7.79. The highest BCUT2D eigenvalue weighted by molar-refractivity contribution is 5.76. The van der Waals surface area contributed by atoms with Crippen molar-refractivity contribution in [2.24, 2.45) is 0 Å². The molecular weight excluding hydrogens is 266 g/mol. The van der Waals surface area contributed by atoms with Crippen molar-refractivity contribution >= 4 is 5.91 Å². The summed E-state index contributed by atoms with van der Waals surface area (Å²) in [5.74, 6) is 0.124. The molecule has 1 atom stereocenters. The lowest BCUT2D eigenvalue weighted by molar-refractivity contribution is -0.122. The highest BCUT2D eigenvalue weighted by Gasteiger charge is 2.14. The van der Waals surface area contributed by atoms with Gasteiger partial charge in [-0.25, -0.2) is 0 Å². The van der Waals surface area contributed by atoms with Crippen LogP contribution in [0.3, 0.4) is 0 Å². The van der Waals surface area contributed by atoms with Gasteiger partial charge in [0.2, 0.25) is 5.91 Å². The van der Waals surface area contributed by atoms with Gasteiger partial charge in [-0.3, -0.25) is 14.7 Å². The largest absolute Gasteiger partial charge is 0.379 e. The zero-order valence-electron chi connectivity index (χ0n) is 12.8. The van der Waals surface area contributed by atoms with E-state index >= 15 is 0 Å². The number of pyridine rings is 1. The zero-order valence-corrected chi connectivity index (χ0v) is 12.8. The molecule has 5 nitrogen and oxygen atoms in total. The van der Waals surface area contributed by atoms with E-state index in [0.717, 1.165) is 51.3 Å². The van der Waals surface area contributed by atoms with Crippen molar-refractivity contribution in [3.05, 3.63) is 30.1 Å². The van der Waals surface area contributed by atoms with Crippen molar-refractivity contribution in [3.63, 3.8) is 0 Å². The molecule has 0 aliphatic carbocycles. The maximum atomic E-state index is 12.1. The number of aromatic nitrogens is 1. The number of carbonyl (C=O) groups is 1. The molecule has 1 aromatic rings. The fourth-order valence-corrected chi connectivity index (χ4v) is 2.56. The molecule has 1 aliphatic rings. The molecule has 1 unspecified atom stereocenters. The van der Waals surface area contributed by atoms with Crippen molar-refractivity contribution in [1.82, 2.24) is 15.2 Å². The second kappa shape index (κ2) is 8.74. The first kappa shape index (κ1) is 15.9. The van der Waals surface area contributed by atoms with Crippen molar-refractivity contribution in [2.45, 2.75) is 32.2 Å². The lowest BCUT2D eigenvalue weighted by atomic mass is 10.1. The molecule has 1 fully saturated rings. The molecular formula is C16H25N3O2. The van der Waals surface area contributed by atoms with Gasteiger partial charge in [-0.2, -0.15) is 0 Å². The summed E-state index contributed by atoms with van der Waals surface area (Å²) in [5.41, 5.74) is 1.07. The van der Waals surface area contributed by atoms with Gasteiger partial charge >= 0.3 is 0 Å². The fraction of sp³-hybridized carbons (Fsp3) is 0.625. The van der Waals surface area contributed by atoms with E-state index in [9.17, 15) is 4.79 Å². The molecule has 0 saturated carbocycles. The highest BCUT2D eigenvalue weighted by Crippen LogP contribution is 2.15. The summed E-state index contributed by atoms with van der Waals surface area (Å²) in [4.78, 5) is 18.5. The predicted octanol–water partition coefficient (Wildman–Crippen LogP) is 1.76. The van der Waals surface area contributed by atoms with Gasteiger partial charge in [0, 0.05) is 31.9 Å². The van der Waals surface area contributed by atoms with Gasteiger partial charge in [-0.05, 0) is 31.0 Å². The number of nitrogens with one attached hydrogen (secondary N) is 1. The number of hydrogen-bond donors (Lipinski definition) is 1. The molecule has 1 N–H and O–H groups in total. The SMILES string of the molecule is CCC(NC(=O)CCCN1CCOCC1)c1cccnc1. The monoisotopic (exact) mass is 291 g/mol. The van der Waals surface area contributed by atoms with Crippen LogP contribution in [0.4, 0.5) is 0 Å². The minimum Gasteiger partial charge on any atom is -0.379 e. The number of morpholine rings is 1. The summed E-state index contributed by atoms with van der Waals surface area (Å²) in [5, 5.41) is 3.10. The Morgan fingerprint density at radius 3 is 2.95 bits per heavy atom. The van der Waals surface area contributed by atoms with Gasteiger partial charge in [0.1, 0.15) is 0 Å². The van der Waals surface area contributed by atoms with Crippen molar-refractivity contribution < 1.29 is 9.53 Å². The first-order valence-corrected chi connectivity index (χ1v) is 7.79. The Kier molecular flexibility index (Phi) is 6.63. The van der Waals surface area contributed by atoms with Gasteiger partial charge in [0.05, 0.1) is 19.3 Å². The molecule has 1 saturated heterocycles. The van der Waals surface area contributed by atoms with E-state index in [1.54, 1.807) is 6.20 Å². The van der Waals surface area contributed by atoms with E-state index < -0.39 is 0 Å². The number of rotatable bonds is 7. The summed E-state index contributed by atoms with van der Waals surface area (Å²) in [6.07, 6.45) is 5.92. The third-order valence-corrected chi connectivity index (χ3v) is 3.81. The van der Waals surface area contributed by atoms with Gasteiger partial charge in [-0.15, -0.1) is 0 Å². The van der Waals surface area contributed by atoms with Crippen molar-refractivity contribution in [1.29, 1.82) is 0 Å². The summed E-state index contributed by atoms with van der Waals surface area (Å²) >= 11 is 0. The van der Waals surface area contributed by atoms with Crippen LogP contribution in [0.1, 0.15) is 37.8 Å². The first-order chi connectivity index (χ1) is 10.3. The number of hydrogen-bond acceptors (Lipinski definition) is 4. The summed E-state index contributed by atoms with van der Waals surface area (Å²) in [6.45, 7) is 6.63. The molecule has 21 heavy (non-hydrogen) atoms. The molecule has 1 amide bonds. The molecule has 0 aromatic carbocycles. The van der Waals surface area contributed by atoms with E-state index in [2.05, 4.69) is 22.1 Å². The number of amides is 1. The van der Waals surface area contributed by atoms with Crippen molar-refractivity contribution in [3.8, 4) is 0 Å². The molecule has 5 heteroatoms. The van der Waals surface area contributed by atoms with Crippen LogP contribution in [0, 0.1) is 0 Å². The fourth-order valence-electron chi connectivity index (χ4n) is 2.56. The van der Waals surface area contributed by atoms with E-state index in [1.165, 1.54) is 0 Å². The predicted molar refractivity (Wildman–Crippen MR) is 81.9 cm³/mol. The third-order valence-electron chi connectivity index (χ3n) is 3.81. The average Bonchev–Trinajstić information content (AvgIpc) is 2.54. The normalized spacial score (nSPS) is 17.4. The standard InChI is InChI=1S/C16H25N3O2/c1-2-15(14-5-3-7-17-13-14)18-16(20)6-4-8-19-9-11-21-12-10-19/h3,5,7,13,15H,2,4,6,8-12H2,1H3,(H,18,20). The average molecular weight is 291 g/mol. The molecule has 0 bridgehead atoms. The Hall–Kier alpha value is -1.46. The molecule has 2 rings (SSSR count). The molecule has 1 aliphatic heterocycles. The Labute approximate surface area is 126 Å². The summed E-state index contributed by atoms with van der Waals surface area (Å²) in [6, 6.07) is 3.98. The highest BCUT2D eigenvalue weighted by atomic mass is 16.5. The summed E-state index contributed by atoms with van der Waals surface area (Å²) < 4.78 is 5.32. The Morgan fingerprint density at radius 1 is 1.48 bits per heavy atom. The Bertz CT molecular complexity index is 419.